The Morgan fingerprint density at radius 2 is 1.83 bits per heavy atom. The number of fused-ring (bicyclic) bond motifs is 1. The van der Waals surface area contributed by atoms with E-state index in [4.69, 9.17) is 0 Å². The maximum Gasteiger partial charge on any atom is 0.227 e. The Kier molecular flexibility index (Phi) is 4.83. The van der Waals surface area contributed by atoms with E-state index in [0.717, 1.165) is 56.2 Å². The van der Waals surface area contributed by atoms with Crippen LogP contribution in [-0.4, -0.2) is 61.6 Å². The van der Waals surface area contributed by atoms with Crippen molar-refractivity contribution in [2.45, 2.75) is 31.6 Å². The van der Waals surface area contributed by atoms with E-state index in [1.165, 1.54) is 0 Å². The number of nitrogens with zero attached hydrogens (tertiary/aromatic N) is 7. The van der Waals surface area contributed by atoms with E-state index in [2.05, 4.69) is 25.1 Å². The van der Waals surface area contributed by atoms with Gasteiger partial charge in [0.1, 0.15) is 5.82 Å². The fourth-order valence-corrected chi connectivity index (χ4v) is 4.60. The second kappa shape index (κ2) is 7.77. The van der Waals surface area contributed by atoms with Gasteiger partial charge in [-0.15, -0.1) is 10.2 Å². The SMILES string of the molecule is O=C(C1CCCN(c2ncccn2)C1)N1CCCC(c2nnc3ccccn23)C1. The lowest BCUT2D eigenvalue weighted by atomic mass is 9.92. The van der Waals surface area contributed by atoms with Gasteiger partial charge in [-0.2, -0.15) is 0 Å². The van der Waals surface area contributed by atoms with Crippen molar-refractivity contribution in [1.29, 1.82) is 0 Å². The van der Waals surface area contributed by atoms with Crippen LogP contribution in [0.25, 0.3) is 5.65 Å². The van der Waals surface area contributed by atoms with Gasteiger partial charge < -0.3 is 9.80 Å². The number of hydrogen-bond donors (Lipinski definition) is 0. The number of hydrogen-bond acceptors (Lipinski definition) is 6. The molecule has 2 saturated heterocycles. The minimum atomic E-state index is 0.00134. The maximum absolute atomic E-state index is 13.3. The summed E-state index contributed by atoms with van der Waals surface area (Å²) in [6.07, 6.45) is 9.46. The lowest BCUT2D eigenvalue weighted by Crippen LogP contribution is -2.48. The molecule has 0 N–H and O–H groups in total. The molecule has 2 unspecified atom stereocenters. The molecule has 2 fully saturated rings. The first-order valence-corrected chi connectivity index (χ1v) is 10.4. The Morgan fingerprint density at radius 1 is 0.966 bits per heavy atom. The highest BCUT2D eigenvalue weighted by Crippen LogP contribution is 2.29. The second-order valence-electron chi connectivity index (χ2n) is 7.94. The van der Waals surface area contributed by atoms with Crippen LogP contribution in [0.5, 0.6) is 0 Å². The molecule has 0 aromatic carbocycles. The molecular weight excluding hydrogens is 366 g/mol. The molecule has 0 saturated carbocycles. The van der Waals surface area contributed by atoms with E-state index < -0.39 is 0 Å². The van der Waals surface area contributed by atoms with E-state index in [-0.39, 0.29) is 17.7 Å². The molecule has 0 aliphatic carbocycles. The fourth-order valence-electron chi connectivity index (χ4n) is 4.60. The number of amides is 1. The fraction of sp³-hybridized carbons (Fsp3) is 0.476. The van der Waals surface area contributed by atoms with Gasteiger partial charge in [-0.1, -0.05) is 6.07 Å². The standard InChI is InChI=1S/C21H25N7O/c29-20(17-7-4-12-27(15-17)21-22-9-5-10-23-21)26-11-3-6-16(14-26)19-25-24-18-8-1-2-13-28(18)19/h1-2,5,8-10,13,16-17H,3-4,6-7,11-12,14-15H2. The first-order valence-electron chi connectivity index (χ1n) is 10.4. The molecule has 0 spiro atoms. The third-order valence-corrected chi connectivity index (χ3v) is 6.04. The first kappa shape index (κ1) is 18.0. The molecule has 2 atom stereocenters. The van der Waals surface area contributed by atoms with Crippen molar-refractivity contribution in [2.24, 2.45) is 5.92 Å². The minimum Gasteiger partial charge on any atom is -0.342 e. The van der Waals surface area contributed by atoms with E-state index in [9.17, 15) is 4.79 Å². The molecule has 1 amide bonds. The predicted molar refractivity (Wildman–Crippen MR) is 109 cm³/mol. The van der Waals surface area contributed by atoms with Crippen LogP contribution < -0.4 is 4.90 Å². The highest BCUT2D eigenvalue weighted by Gasteiger charge is 2.34. The minimum absolute atomic E-state index is 0.00134. The average molecular weight is 391 g/mol. The molecule has 8 nitrogen and oxygen atoms in total. The van der Waals surface area contributed by atoms with Crippen LogP contribution in [0, 0.1) is 5.92 Å². The smallest absolute Gasteiger partial charge is 0.227 e. The Bertz CT molecular complexity index is 989. The highest BCUT2D eigenvalue weighted by atomic mass is 16.2. The highest BCUT2D eigenvalue weighted by molar-refractivity contribution is 5.80. The number of rotatable bonds is 3. The molecule has 150 valence electrons. The maximum atomic E-state index is 13.3. The zero-order valence-corrected chi connectivity index (χ0v) is 16.4. The monoisotopic (exact) mass is 391 g/mol. The second-order valence-corrected chi connectivity index (χ2v) is 7.94. The molecule has 5 heterocycles. The van der Waals surface area contributed by atoms with Crippen molar-refractivity contribution < 1.29 is 4.79 Å². The van der Waals surface area contributed by atoms with Crippen molar-refractivity contribution >= 4 is 17.5 Å². The van der Waals surface area contributed by atoms with E-state index in [1.54, 1.807) is 12.4 Å². The summed E-state index contributed by atoms with van der Waals surface area (Å²) in [5.74, 6) is 2.16. The summed E-state index contributed by atoms with van der Waals surface area (Å²) >= 11 is 0. The summed E-state index contributed by atoms with van der Waals surface area (Å²) in [7, 11) is 0. The van der Waals surface area contributed by atoms with Crippen molar-refractivity contribution in [3.8, 4) is 0 Å². The third-order valence-electron chi connectivity index (χ3n) is 6.04. The van der Waals surface area contributed by atoms with Gasteiger partial charge in [0.2, 0.25) is 11.9 Å². The van der Waals surface area contributed by atoms with Gasteiger partial charge in [-0.3, -0.25) is 9.20 Å². The number of likely N-dealkylation sites (tertiary alicyclic amines) is 1. The number of carbonyl (C=O) groups is 1. The topological polar surface area (TPSA) is 79.5 Å². The molecule has 2 aliphatic heterocycles. The van der Waals surface area contributed by atoms with E-state index >= 15 is 0 Å². The summed E-state index contributed by atoms with van der Waals surface area (Å²) < 4.78 is 2.05. The summed E-state index contributed by atoms with van der Waals surface area (Å²) in [4.78, 5) is 26.2. The number of anilines is 1. The first-order chi connectivity index (χ1) is 14.3. The quantitative estimate of drug-likeness (QED) is 0.681. The zero-order chi connectivity index (χ0) is 19.6. The van der Waals surface area contributed by atoms with E-state index in [1.807, 2.05) is 39.8 Å². The summed E-state index contributed by atoms with van der Waals surface area (Å²) in [6, 6.07) is 7.74. The van der Waals surface area contributed by atoms with Gasteiger partial charge in [-0.25, -0.2) is 9.97 Å². The molecule has 8 heteroatoms. The van der Waals surface area contributed by atoms with Crippen LogP contribution in [0.4, 0.5) is 5.95 Å². The number of aromatic nitrogens is 5. The van der Waals surface area contributed by atoms with Crippen molar-refractivity contribution in [3.63, 3.8) is 0 Å². The Hall–Kier alpha value is -3.03. The lowest BCUT2D eigenvalue weighted by molar-refractivity contribution is -0.137. The summed E-state index contributed by atoms with van der Waals surface area (Å²) in [5.41, 5.74) is 0.858. The van der Waals surface area contributed by atoms with Gasteiger partial charge >= 0.3 is 0 Å². The van der Waals surface area contributed by atoms with Gasteiger partial charge in [0.15, 0.2) is 5.65 Å². The molecule has 3 aromatic rings. The largest absolute Gasteiger partial charge is 0.342 e. The predicted octanol–water partition coefficient (Wildman–Crippen LogP) is 2.14. The van der Waals surface area contributed by atoms with E-state index in [0.29, 0.717) is 13.1 Å². The average Bonchev–Trinajstić information content (AvgIpc) is 3.24. The third kappa shape index (κ3) is 3.54. The Morgan fingerprint density at radius 3 is 2.72 bits per heavy atom. The molecule has 5 rings (SSSR count). The van der Waals surface area contributed by atoms with Gasteiger partial charge in [0.05, 0.1) is 5.92 Å². The van der Waals surface area contributed by atoms with Crippen molar-refractivity contribution in [2.75, 3.05) is 31.1 Å². The van der Waals surface area contributed by atoms with Crippen LogP contribution in [0.2, 0.25) is 0 Å². The molecule has 2 aliphatic rings. The van der Waals surface area contributed by atoms with Gasteiger partial charge in [-0.05, 0) is 43.9 Å². The Labute approximate surface area is 169 Å². The number of pyridine rings is 1. The summed E-state index contributed by atoms with van der Waals surface area (Å²) in [5, 5.41) is 8.71. The lowest BCUT2D eigenvalue weighted by Gasteiger charge is -2.38. The van der Waals surface area contributed by atoms with Crippen LogP contribution in [0.1, 0.15) is 37.4 Å². The van der Waals surface area contributed by atoms with Crippen LogP contribution in [0.15, 0.2) is 42.9 Å². The molecule has 3 aromatic heterocycles. The van der Waals surface area contributed by atoms with Gasteiger partial charge in [0.25, 0.3) is 0 Å². The van der Waals surface area contributed by atoms with Crippen molar-refractivity contribution in [3.05, 3.63) is 48.7 Å². The van der Waals surface area contributed by atoms with Crippen molar-refractivity contribution in [1.82, 2.24) is 29.5 Å². The van der Waals surface area contributed by atoms with Gasteiger partial charge in [0, 0.05) is 50.7 Å². The molecule has 29 heavy (non-hydrogen) atoms. The zero-order valence-electron chi connectivity index (χ0n) is 16.4. The molecule has 0 radical (unpaired) electrons. The number of carbonyl (C=O) groups excluding carboxylic acids is 1. The van der Waals surface area contributed by atoms with Crippen LogP contribution in [-0.2, 0) is 4.79 Å². The molecule has 0 bridgehead atoms. The van der Waals surface area contributed by atoms with Crippen LogP contribution >= 0.6 is 0 Å². The Balaban J connectivity index is 1.29. The normalized spacial score (nSPS) is 22.8. The molecular formula is C21H25N7O. The summed E-state index contributed by atoms with van der Waals surface area (Å²) in [6.45, 7) is 3.14. The van der Waals surface area contributed by atoms with Crippen LogP contribution in [0.3, 0.4) is 0 Å². The number of piperidine rings is 2.